The van der Waals surface area contributed by atoms with Gasteiger partial charge in [0.2, 0.25) is 5.43 Å². The van der Waals surface area contributed by atoms with Crippen LogP contribution in [0.15, 0.2) is 167 Å². The molecule has 7 aromatic carbocycles. The molecule has 0 saturated heterocycles. The average Bonchev–Trinajstić information content (AvgIpc) is 3.63. The van der Waals surface area contributed by atoms with Crippen molar-refractivity contribution in [3.63, 3.8) is 0 Å². The topological polar surface area (TPSA) is 40.1 Å². The third-order valence-electron chi connectivity index (χ3n) is 9.50. The first kappa shape index (κ1) is 25.9. The third-order valence-corrected chi connectivity index (χ3v) is 9.50. The molecule has 4 heteroatoms. The number of benzene rings is 7. The summed E-state index contributed by atoms with van der Waals surface area (Å²) in [6.07, 6.45) is 0. The smallest absolute Gasteiger partial charge is 0.200 e. The van der Waals surface area contributed by atoms with Crippen LogP contribution in [0.1, 0.15) is 0 Å². The lowest BCUT2D eigenvalue weighted by molar-refractivity contribution is 0.661. The van der Waals surface area contributed by atoms with Crippen LogP contribution in [0.25, 0.3) is 88.1 Å². The van der Waals surface area contributed by atoms with E-state index in [4.69, 9.17) is 4.42 Å². The molecule has 0 atom stereocenters. The first-order chi connectivity index (χ1) is 23.2. The van der Waals surface area contributed by atoms with Crippen molar-refractivity contribution in [2.24, 2.45) is 0 Å². The Balaban J connectivity index is 1.27. The summed E-state index contributed by atoms with van der Waals surface area (Å²) in [6, 6.07) is 54.1. The molecule has 0 aliphatic heterocycles. The molecule has 0 aliphatic rings. The fourth-order valence-corrected chi connectivity index (χ4v) is 7.41. The summed E-state index contributed by atoms with van der Waals surface area (Å²) in [5.41, 5.74) is 9.56. The number of para-hydroxylation sites is 4. The Morgan fingerprint density at radius 2 is 1.00 bits per heavy atom. The van der Waals surface area contributed by atoms with Gasteiger partial charge in [0, 0.05) is 38.5 Å². The van der Waals surface area contributed by atoms with Crippen molar-refractivity contribution in [2.45, 2.75) is 0 Å². The second kappa shape index (κ2) is 9.80. The lowest BCUT2D eigenvalue weighted by atomic mass is 10.0. The van der Waals surface area contributed by atoms with Crippen molar-refractivity contribution in [3.05, 3.63) is 168 Å². The Morgan fingerprint density at radius 3 is 1.70 bits per heavy atom. The minimum absolute atomic E-state index is 0.0340. The fraction of sp³-hybridized carbons (Fsp3) is 0. The van der Waals surface area contributed by atoms with Crippen LogP contribution in [0.2, 0.25) is 0 Å². The quantitative estimate of drug-likeness (QED) is 0.189. The maximum Gasteiger partial charge on any atom is 0.200 e. The molecule has 0 radical (unpaired) electrons. The minimum Gasteiger partial charge on any atom is -0.455 e. The van der Waals surface area contributed by atoms with E-state index in [9.17, 15) is 4.79 Å². The van der Waals surface area contributed by atoms with Crippen LogP contribution < -0.4 is 5.43 Å². The molecule has 10 rings (SSSR count). The highest BCUT2D eigenvalue weighted by molar-refractivity contribution is 6.19. The summed E-state index contributed by atoms with van der Waals surface area (Å²) in [5, 5.41) is 5.90. The van der Waals surface area contributed by atoms with Crippen molar-refractivity contribution in [1.82, 2.24) is 9.13 Å². The van der Waals surface area contributed by atoms with E-state index in [1.807, 2.05) is 60.7 Å². The summed E-state index contributed by atoms with van der Waals surface area (Å²) < 4.78 is 11.1. The maximum atomic E-state index is 14.1. The van der Waals surface area contributed by atoms with Gasteiger partial charge in [0.1, 0.15) is 11.2 Å². The number of rotatable bonds is 3. The predicted molar refractivity (Wildman–Crippen MR) is 194 cm³/mol. The molecule has 3 heterocycles. The molecule has 10 aromatic rings. The van der Waals surface area contributed by atoms with E-state index in [0.29, 0.717) is 21.9 Å². The van der Waals surface area contributed by atoms with Crippen LogP contribution in [-0.2, 0) is 0 Å². The van der Waals surface area contributed by atoms with Gasteiger partial charge < -0.3 is 13.6 Å². The highest BCUT2D eigenvalue weighted by Gasteiger charge is 2.19. The summed E-state index contributed by atoms with van der Waals surface area (Å²) in [6.45, 7) is 0. The molecular formula is C43H26N2O2. The Labute approximate surface area is 268 Å². The molecule has 0 N–H and O–H groups in total. The zero-order valence-corrected chi connectivity index (χ0v) is 25.2. The molecule has 3 aromatic heterocycles. The average molecular weight is 603 g/mol. The normalized spacial score (nSPS) is 11.9. The van der Waals surface area contributed by atoms with Gasteiger partial charge in [-0.05, 0) is 66.2 Å². The fourth-order valence-electron chi connectivity index (χ4n) is 7.41. The molecule has 0 fully saturated rings. The Kier molecular flexibility index (Phi) is 5.40. The van der Waals surface area contributed by atoms with Crippen molar-refractivity contribution in [3.8, 4) is 22.5 Å². The van der Waals surface area contributed by atoms with Crippen molar-refractivity contribution >= 4 is 65.6 Å². The molecule has 0 bridgehead atoms. The molecule has 4 nitrogen and oxygen atoms in total. The Hall–Kier alpha value is -6.39. The first-order valence-corrected chi connectivity index (χ1v) is 15.8. The van der Waals surface area contributed by atoms with E-state index in [1.165, 1.54) is 27.1 Å². The lowest BCUT2D eigenvalue weighted by Crippen LogP contribution is -2.04. The molecule has 0 aliphatic carbocycles. The summed E-state index contributed by atoms with van der Waals surface area (Å²) in [4.78, 5) is 14.1. The van der Waals surface area contributed by atoms with Gasteiger partial charge in [-0.25, -0.2) is 0 Å². The van der Waals surface area contributed by atoms with E-state index in [0.717, 1.165) is 39.1 Å². The standard InChI is InChI=1S/C43H26N2O2/c46-42-33-19-11-18-30(27-12-3-1-4-13-27)43(33)47-41-23-22-29(24-36(41)42)45-38-21-10-8-17-32(38)35-25-34-31-16-7-9-20-37(31)44(39(34)26-40(35)45)28-14-5-2-6-15-28/h1-26H. The van der Waals surface area contributed by atoms with E-state index in [-0.39, 0.29) is 5.43 Å². The van der Waals surface area contributed by atoms with Crippen LogP contribution in [0, 0.1) is 0 Å². The van der Waals surface area contributed by atoms with Crippen molar-refractivity contribution in [1.29, 1.82) is 0 Å². The molecule has 220 valence electrons. The van der Waals surface area contributed by atoms with Gasteiger partial charge in [-0.15, -0.1) is 0 Å². The monoisotopic (exact) mass is 602 g/mol. The zero-order chi connectivity index (χ0) is 31.1. The molecule has 0 saturated carbocycles. The largest absolute Gasteiger partial charge is 0.455 e. The van der Waals surface area contributed by atoms with E-state index >= 15 is 0 Å². The lowest BCUT2D eigenvalue weighted by Gasteiger charge is -2.11. The van der Waals surface area contributed by atoms with Crippen LogP contribution in [0.3, 0.4) is 0 Å². The number of fused-ring (bicyclic) bond motifs is 8. The number of hydrogen-bond acceptors (Lipinski definition) is 2. The minimum atomic E-state index is -0.0340. The van der Waals surface area contributed by atoms with Gasteiger partial charge in [-0.3, -0.25) is 4.79 Å². The van der Waals surface area contributed by atoms with Crippen LogP contribution in [0.4, 0.5) is 0 Å². The summed E-state index contributed by atoms with van der Waals surface area (Å²) >= 11 is 0. The molecule has 0 amide bonds. The number of hydrogen-bond donors (Lipinski definition) is 0. The highest BCUT2D eigenvalue weighted by Crippen LogP contribution is 2.40. The predicted octanol–water partition coefficient (Wildman–Crippen LogP) is 10.8. The first-order valence-electron chi connectivity index (χ1n) is 15.8. The van der Waals surface area contributed by atoms with Crippen molar-refractivity contribution < 1.29 is 4.42 Å². The molecular weight excluding hydrogens is 576 g/mol. The third kappa shape index (κ3) is 3.73. The van der Waals surface area contributed by atoms with Crippen LogP contribution in [0.5, 0.6) is 0 Å². The summed E-state index contributed by atoms with van der Waals surface area (Å²) in [7, 11) is 0. The number of nitrogens with zero attached hydrogens (tertiary/aromatic N) is 2. The van der Waals surface area contributed by atoms with Gasteiger partial charge in [0.25, 0.3) is 0 Å². The summed E-state index contributed by atoms with van der Waals surface area (Å²) in [5.74, 6) is 0. The maximum absolute atomic E-state index is 14.1. The molecule has 0 spiro atoms. The van der Waals surface area contributed by atoms with E-state index < -0.39 is 0 Å². The van der Waals surface area contributed by atoms with Crippen LogP contribution >= 0.6 is 0 Å². The van der Waals surface area contributed by atoms with Gasteiger partial charge >= 0.3 is 0 Å². The van der Waals surface area contributed by atoms with Gasteiger partial charge in [0.15, 0.2) is 0 Å². The second-order valence-electron chi connectivity index (χ2n) is 12.1. The van der Waals surface area contributed by atoms with E-state index in [2.05, 4.69) is 106 Å². The Bertz CT molecular complexity index is 2910. The van der Waals surface area contributed by atoms with Gasteiger partial charge in [-0.1, -0.05) is 97.1 Å². The SMILES string of the molecule is O=c1c2cc(-n3c4ccccc4c4cc5c6ccccc6n(-c6ccccc6)c5cc43)ccc2oc2c(-c3ccccc3)cccc12. The van der Waals surface area contributed by atoms with E-state index in [1.54, 1.807) is 0 Å². The van der Waals surface area contributed by atoms with Gasteiger partial charge in [0.05, 0.1) is 32.8 Å². The molecule has 0 unspecified atom stereocenters. The Morgan fingerprint density at radius 1 is 0.404 bits per heavy atom. The van der Waals surface area contributed by atoms with Crippen LogP contribution in [-0.4, -0.2) is 9.13 Å². The highest BCUT2D eigenvalue weighted by atomic mass is 16.3. The van der Waals surface area contributed by atoms with Gasteiger partial charge in [-0.2, -0.15) is 0 Å². The number of aromatic nitrogens is 2. The van der Waals surface area contributed by atoms with Crippen molar-refractivity contribution in [2.75, 3.05) is 0 Å². The zero-order valence-electron chi connectivity index (χ0n) is 25.2. The molecule has 47 heavy (non-hydrogen) atoms. The second-order valence-corrected chi connectivity index (χ2v) is 12.1.